The minimum atomic E-state index is -0.222. The first-order valence-corrected chi connectivity index (χ1v) is 8.70. The number of hydrogen-bond acceptors (Lipinski definition) is 4. The van der Waals surface area contributed by atoms with Gasteiger partial charge in [0.15, 0.2) is 11.5 Å². The summed E-state index contributed by atoms with van der Waals surface area (Å²) in [6.07, 6.45) is 3.94. The molecule has 1 aliphatic heterocycles. The summed E-state index contributed by atoms with van der Waals surface area (Å²) in [5.41, 5.74) is 1.89. The Kier molecular flexibility index (Phi) is 3.28. The lowest BCUT2D eigenvalue weighted by Gasteiger charge is -2.55. The van der Waals surface area contributed by atoms with Crippen molar-refractivity contribution in [2.75, 3.05) is 13.7 Å². The molecule has 1 aromatic carbocycles. The second-order valence-electron chi connectivity index (χ2n) is 6.79. The van der Waals surface area contributed by atoms with Crippen LogP contribution in [0.3, 0.4) is 0 Å². The highest BCUT2D eigenvalue weighted by atomic mass is 79.9. The summed E-state index contributed by atoms with van der Waals surface area (Å²) in [7, 11) is 1.57. The van der Waals surface area contributed by atoms with Gasteiger partial charge in [0, 0.05) is 34.3 Å². The molecule has 22 heavy (non-hydrogen) atoms. The Labute approximate surface area is 138 Å². The Morgan fingerprint density at radius 2 is 2.32 bits per heavy atom. The highest BCUT2D eigenvalue weighted by Crippen LogP contribution is 2.58. The lowest BCUT2D eigenvalue weighted by Crippen LogP contribution is -2.60. The first kappa shape index (κ1) is 14.5. The summed E-state index contributed by atoms with van der Waals surface area (Å²) in [5.74, 6) is 1.48. The Hall–Kier alpha value is -1.07. The fraction of sp³-hybridized carbons (Fsp3) is 0.588. The van der Waals surface area contributed by atoms with Gasteiger partial charge in [-0.1, -0.05) is 15.9 Å². The van der Waals surface area contributed by atoms with Crippen LogP contribution in [-0.2, 0) is 16.6 Å². The van der Waals surface area contributed by atoms with Crippen molar-refractivity contribution < 1.29 is 14.6 Å². The Morgan fingerprint density at radius 3 is 3.09 bits per heavy atom. The fourth-order valence-corrected chi connectivity index (χ4v) is 5.60. The van der Waals surface area contributed by atoms with Crippen LogP contribution in [0.5, 0.6) is 11.5 Å². The molecule has 4 rings (SSSR count). The number of methoxy groups -OCH3 is 1. The van der Waals surface area contributed by atoms with Crippen molar-refractivity contribution in [3.63, 3.8) is 0 Å². The van der Waals surface area contributed by atoms with E-state index in [9.17, 15) is 9.90 Å². The highest BCUT2D eigenvalue weighted by molar-refractivity contribution is 9.10. The number of benzene rings is 1. The fourth-order valence-electron chi connectivity index (χ4n) is 5.03. The van der Waals surface area contributed by atoms with Gasteiger partial charge >= 0.3 is 0 Å². The number of nitrogens with one attached hydrogen (secondary N) is 1. The van der Waals surface area contributed by atoms with Gasteiger partial charge in [-0.25, -0.2) is 0 Å². The number of aromatic hydroxyl groups is 1. The van der Waals surface area contributed by atoms with E-state index in [0.29, 0.717) is 36.3 Å². The second kappa shape index (κ2) is 4.96. The molecule has 1 saturated carbocycles. The van der Waals surface area contributed by atoms with Gasteiger partial charge in [0.2, 0.25) is 0 Å². The third-order valence-corrected chi connectivity index (χ3v) is 6.59. The molecule has 1 saturated heterocycles. The van der Waals surface area contributed by atoms with E-state index in [1.807, 2.05) is 6.07 Å². The molecule has 0 radical (unpaired) electrons. The van der Waals surface area contributed by atoms with Crippen LogP contribution in [0.4, 0.5) is 0 Å². The van der Waals surface area contributed by atoms with Crippen molar-refractivity contribution in [2.24, 2.45) is 5.92 Å². The average molecular weight is 366 g/mol. The monoisotopic (exact) mass is 365 g/mol. The molecule has 5 heteroatoms. The number of halogens is 1. The maximum Gasteiger partial charge on any atom is 0.161 e. The lowest BCUT2D eigenvalue weighted by molar-refractivity contribution is -0.125. The molecular weight excluding hydrogens is 346 g/mol. The maximum atomic E-state index is 12.2. The molecule has 2 fully saturated rings. The van der Waals surface area contributed by atoms with Gasteiger partial charge in [-0.15, -0.1) is 0 Å². The van der Waals surface area contributed by atoms with E-state index in [2.05, 4.69) is 21.2 Å². The van der Waals surface area contributed by atoms with E-state index in [0.717, 1.165) is 41.4 Å². The molecule has 118 valence electrons. The summed E-state index contributed by atoms with van der Waals surface area (Å²) in [6, 6.07) is 2.24. The summed E-state index contributed by atoms with van der Waals surface area (Å²) >= 11 is 3.64. The second-order valence-corrected chi connectivity index (χ2v) is 7.65. The van der Waals surface area contributed by atoms with E-state index in [-0.39, 0.29) is 11.2 Å². The van der Waals surface area contributed by atoms with Gasteiger partial charge in [0.05, 0.1) is 7.11 Å². The predicted molar refractivity (Wildman–Crippen MR) is 86.5 cm³/mol. The molecule has 0 spiro atoms. The molecule has 2 N–H and O–H groups in total. The van der Waals surface area contributed by atoms with Crippen LogP contribution < -0.4 is 10.1 Å². The quantitative estimate of drug-likeness (QED) is 0.803. The van der Waals surface area contributed by atoms with Gasteiger partial charge in [-0.2, -0.15) is 0 Å². The maximum absolute atomic E-state index is 12.2. The standard InChI is InChI=1S/C17H20BrNO3/c1-22-14-7-12(18)10-6-13-11-3-2-9(20)8-17(11,4-5-19-13)15(10)16(14)21/h7,11,13,19,21H,2-6,8H2,1H3/t11?,13?,17-/m1/s1. The smallest absolute Gasteiger partial charge is 0.161 e. The number of ether oxygens (including phenoxy) is 1. The molecule has 2 aliphatic carbocycles. The summed E-state index contributed by atoms with van der Waals surface area (Å²) in [6.45, 7) is 0.905. The first-order chi connectivity index (χ1) is 10.6. The number of ketones is 1. The van der Waals surface area contributed by atoms with E-state index in [1.165, 1.54) is 0 Å². The summed E-state index contributed by atoms with van der Waals surface area (Å²) < 4.78 is 6.33. The third kappa shape index (κ3) is 1.81. The number of carbonyl (C=O) groups is 1. The first-order valence-electron chi connectivity index (χ1n) is 7.90. The number of hydrogen-bond donors (Lipinski definition) is 2. The molecule has 3 aliphatic rings. The molecule has 1 heterocycles. The Morgan fingerprint density at radius 1 is 1.50 bits per heavy atom. The molecule has 4 nitrogen and oxygen atoms in total. The SMILES string of the molecule is COc1cc(Br)c2c(c1O)[C@@]13CCNC(C2)C1CCC(=O)C3. The molecule has 0 amide bonds. The molecule has 2 unspecified atom stereocenters. The molecule has 1 aromatic rings. The minimum absolute atomic E-state index is 0.222. The van der Waals surface area contributed by atoms with Crippen molar-refractivity contribution in [3.8, 4) is 11.5 Å². The van der Waals surface area contributed by atoms with E-state index >= 15 is 0 Å². The number of fused-ring (bicyclic) bond motifs is 1. The van der Waals surface area contributed by atoms with Gasteiger partial charge in [-0.05, 0) is 43.4 Å². The van der Waals surface area contributed by atoms with E-state index < -0.39 is 0 Å². The van der Waals surface area contributed by atoms with Crippen LogP contribution in [-0.4, -0.2) is 30.6 Å². The van der Waals surface area contributed by atoms with Crippen LogP contribution in [0, 0.1) is 5.92 Å². The van der Waals surface area contributed by atoms with Crippen molar-refractivity contribution >= 4 is 21.7 Å². The number of phenolic OH excluding ortho intramolecular Hbond substituents is 1. The number of piperidine rings is 1. The summed E-state index contributed by atoms with van der Waals surface area (Å²) in [4.78, 5) is 12.2. The predicted octanol–water partition coefficient (Wildman–Crippen LogP) is 2.69. The summed E-state index contributed by atoms with van der Waals surface area (Å²) in [5, 5.41) is 14.4. The van der Waals surface area contributed by atoms with Gasteiger partial charge in [0.25, 0.3) is 0 Å². The zero-order valence-electron chi connectivity index (χ0n) is 12.6. The number of carbonyl (C=O) groups excluding carboxylic acids is 1. The van der Waals surface area contributed by atoms with Crippen LogP contribution in [0.15, 0.2) is 10.5 Å². The minimum Gasteiger partial charge on any atom is -0.504 e. The van der Waals surface area contributed by atoms with Crippen LogP contribution in [0.25, 0.3) is 0 Å². The molecule has 0 aromatic heterocycles. The van der Waals surface area contributed by atoms with Crippen LogP contribution >= 0.6 is 15.9 Å². The van der Waals surface area contributed by atoms with E-state index in [1.54, 1.807) is 7.11 Å². The average Bonchev–Trinajstić information content (AvgIpc) is 2.49. The zero-order valence-corrected chi connectivity index (χ0v) is 14.2. The number of phenols is 1. The molecule has 2 bridgehead atoms. The number of rotatable bonds is 1. The topological polar surface area (TPSA) is 58.6 Å². The third-order valence-electron chi connectivity index (χ3n) is 5.88. The van der Waals surface area contributed by atoms with E-state index in [4.69, 9.17) is 4.74 Å². The van der Waals surface area contributed by atoms with Gasteiger partial charge < -0.3 is 15.2 Å². The normalized spacial score (nSPS) is 33.1. The van der Waals surface area contributed by atoms with Gasteiger partial charge in [-0.3, -0.25) is 4.79 Å². The van der Waals surface area contributed by atoms with Crippen molar-refractivity contribution in [1.29, 1.82) is 0 Å². The van der Waals surface area contributed by atoms with Crippen molar-refractivity contribution in [3.05, 3.63) is 21.7 Å². The van der Waals surface area contributed by atoms with Crippen LogP contribution in [0.1, 0.15) is 36.8 Å². The highest BCUT2D eigenvalue weighted by Gasteiger charge is 2.55. The van der Waals surface area contributed by atoms with Crippen molar-refractivity contribution in [1.82, 2.24) is 5.32 Å². The zero-order chi connectivity index (χ0) is 15.5. The lowest BCUT2D eigenvalue weighted by atomic mass is 9.52. The number of Topliss-reactive ketones (excluding diaryl/α,β-unsaturated/α-hetero) is 1. The largest absolute Gasteiger partial charge is 0.504 e. The van der Waals surface area contributed by atoms with Crippen LogP contribution in [0.2, 0.25) is 0 Å². The van der Waals surface area contributed by atoms with Gasteiger partial charge in [0.1, 0.15) is 5.78 Å². The Balaban J connectivity index is 1.99. The molecular formula is C17H20BrNO3. The molecule has 3 atom stereocenters. The van der Waals surface area contributed by atoms with Crippen molar-refractivity contribution in [2.45, 2.75) is 43.6 Å². The Bertz CT molecular complexity index is 660.